The van der Waals surface area contributed by atoms with Crippen LogP contribution in [0.2, 0.25) is 0 Å². The van der Waals surface area contributed by atoms with Crippen LogP contribution in [0.5, 0.6) is 0 Å². The Morgan fingerprint density at radius 3 is 2.65 bits per heavy atom. The topological polar surface area (TPSA) is 113 Å². The van der Waals surface area contributed by atoms with E-state index in [1.165, 1.54) is 25.1 Å². The fraction of sp³-hybridized carbons (Fsp3) is 0.308. The molecule has 0 saturated heterocycles. The van der Waals surface area contributed by atoms with E-state index in [9.17, 15) is 24.6 Å². The highest BCUT2D eigenvalue weighted by molar-refractivity contribution is 6.15. The monoisotopic (exact) mass is 279 g/mol. The highest BCUT2D eigenvalue weighted by Gasteiger charge is 2.35. The molecule has 0 spiro atoms. The summed E-state index contributed by atoms with van der Waals surface area (Å²) in [5, 5.41) is 22.2. The number of fused-ring (bicyclic) bond motifs is 1. The minimum absolute atomic E-state index is 0.0492. The van der Waals surface area contributed by atoms with Crippen molar-refractivity contribution in [2.45, 2.75) is 19.1 Å². The van der Waals surface area contributed by atoms with E-state index in [-0.39, 0.29) is 29.1 Å². The number of hydrogen-bond donors (Lipinski definition) is 3. The zero-order valence-corrected chi connectivity index (χ0v) is 10.6. The number of rotatable bonds is 4. The van der Waals surface area contributed by atoms with Crippen molar-refractivity contribution in [2.24, 2.45) is 0 Å². The Labute approximate surface area is 114 Å². The summed E-state index contributed by atoms with van der Waals surface area (Å²) < 4.78 is 4.46. The maximum absolute atomic E-state index is 11.6. The molecule has 1 aromatic carbocycles. The van der Waals surface area contributed by atoms with Crippen molar-refractivity contribution >= 4 is 17.8 Å². The number of aliphatic hydroxyl groups is 2. The lowest BCUT2D eigenvalue weighted by molar-refractivity contribution is -0.119. The second-order valence-corrected chi connectivity index (χ2v) is 4.40. The molecule has 3 N–H and O–H groups in total. The third-order valence-corrected chi connectivity index (χ3v) is 2.95. The van der Waals surface area contributed by atoms with Gasteiger partial charge in [-0.15, -0.1) is 0 Å². The first-order valence-electron chi connectivity index (χ1n) is 5.91. The van der Waals surface area contributed by atoms with Gasteiger partial charge in [-0.3, -0.25) is 4.79 Å². The highest BCUT2D eigenvalue weighted by atomic mass is 16.6. The van der Waals surface area contributed by atoms with Crippen molar-refractivity contribution in [3.63, 3.8) is 0 Å². The van der Waals surface area contributed by atoms with Crippen LogP contribution in [-0.2, 0) is 9.53 Å². The summed E-state index contributed by atoms with van der Waals surface area (Å²) in [6.07, 6.45) is -2.73. The Morgan fingerprint density at radius 2 is 2.00 bits per heavy atom. The Hall–Kier alpha value is -2.25. The predicted molar refractivity (Wildman–Crippen MR) is 65.8 cm³/mol. The molecule has 1 aliphatic rings. The van der Waals surface area contributed by atoms with E-state index >= 15 is 0 Å². The van der Waals surface area contributed by atoms with Gasteiger partial charge >= 0.3 is 11.9 Å². The Kier molecular flexibility index (Phi) is 3.82. The van der Waals surface area contributed by atoms with Gasteiger partial charge < -0.3 is 20.3 Å². The van der Waals surface area contributed by atoms with Gasteiger partial charge in [-0.1, -0.05) is 12.1 Å². The largest absolute Gasteiger partial charge is 0.388 e. The SMILES string of the molecule is CC(=O)NCC(O)C(O)c1cccc2c1C(=O)OC2=O. The Balaban J connectivity index is 2.27. The van der Waals surface area contributed by atoms with Crippen molar-refractivity contribution in [3.8, 4) is 0 Å². The van der Waals surface area contributed by atoms with E-state index in [1.807, 2.05) is 0 Å². The van der Waals surface area contributed by atoms with Gasteiger partial charge in [0.05, 0.1) is 11.1 Å². The Morgan fingerprint density at radius 1 is 1.30 bits per heavy atom. The zero-order valence-electron chi connectivity index (χ0n) is 10.6. The molecule has 2 atom stereocenters. The molecule has 0 saturated carbocycles. The van der Waals surface area contributed by atoms with Crippen molar-refractivity contribution in [2.75, 3.05) is 6.54 Å². The second-order valence-electron chi connectivity index (χ2n) is 4.40. The van der Waals surface area contributed by atoms with E-state index in [1.54, 1.807) is 0 Å². The van der Waals surface area contributed by atoms with E-state index < -0.39 is 24.1 Å². The summed E-state index contributed by atoms with van der Waals surface area (Å²) in [7, 11) is 0. The van der Waals surface area contributed by atoms with Crippen LogP contribution < -0.4 is 5.32 Å². The van der Waals surface area contributed by atoms with Crippen LogP contribution in [0.4, 0.5) is 0 Å². The van der Waals surface area contributed by atoms with Crippen LogP contribution in [0.3, 0.4) is 0 Å². The third-order valence-electron chi connectivity index (χ3n) is 2.95. The molecule has 1 aromatic rings. The highest BCUT2D eigenvalue weighted by Crippen LogP contribution is 2.29. The molecule has 0 fully saturated rings. The van der Waals surface area contributed by atoms with Crippen molar-refractivity contribution in [3.05, 3.63) is 34.9 Å². The van der Waals surface area contributed by atoms with E-state index in [0.717, 1.165) is 0 Å². The number of esters is 2. The van der Waals surface area contributed by atoms with Crippen molar-refractivity contribution < 1.29 is 29.3 Å². The average molecular weight is 279 g/mol. The van der Waals surface area contributed by atoms with Gasteiger partial charge in [0.1, 0.15) is 12.2 Å². The molecule has 7 nitrogen and oxygen atoms in total. The van der Waals surface area contributed by atoms with Crippen molar-refractivity contribution in [1.82, 2.24) is 5.32 Å². The van der Waals surface area contributed by atoms with Gasteiger partial charge in [-0.05, 0) is 11.6 Å². The van der Waals surface area contributed by atoms with Gasteiger partial charge in [0.2, 0.25) is 5.91 Å². The lowest BCUT2D eigenvalue weighted by Gasteiger charge is -2.19. The summed E-state index contributed by atoms with van der Waals surface area (Å²) in [6, 6.07) is 4.29. The first-order chi connectivity index (χ1) is 9.41. The van der Waals surface area contributed by atoms with Crippen molar-refractivity contribution in [1.29, 1.82) is 0 Å². The molecular weight excluding hydrogens is 266 g/mol. The molecule has 1 amide bonds. The van der Waals surface area contributed by atoms with Gasteiger partial charge in [0.15, 0.2) is 0 Å². The molecule has 2 unspecified atom stereocenters. The fourth-order valence-corrected chi connectivity index (χ4v) is 1.97. The van der Waals surface area contributed by atoms with Crippen LogP contribution in [0, 0.1) is 0 Å². The lowest BCUT2D eigenvalue weighted by Crippen LogP contribution is -2.34. The number of benzene rings is 1. The third kappa shape index (κ3) is 2.54. The predicted octanol–water partition coefficient (Wildman–Crippen LogP) is -0.472. The van der Waals surface area contributed by atoms with Gasteiger partial charge in [-0.25, -0.2) is 9.59 Å². The molecule has 2 rings (SSSR count). The van der Waals surface area contributed by atoms with Crippen LogP contribution >= 0.6 is 0 Å². The van der Waals surface area contributed by atoms with Crippen LogP contribution in [0.15, 0.2) is 18.2 Å². The Bertz CT molecular complexity index is 582. The fourth-order valence-electron chi connectivity index (χ4n) is 1.97. The maximum atomic E-state index is 11.6. The first kappa shape index (κ1) is 14.2. The normalized spacial score (nSPS) is 16.4. The van der Waals surface area contributed by atoms with E-state index in [0.29, 0.717) is 0 Å². The quantitative estimate of drug-likeness (QED) is 0.507. The number of ether oxygens (including phenoxy) is 1. The molecule has 0 aromatic heterocycles. The number of carbonyl (C=O) groups is 3. The number of amides is 1. The van der Waals surface area contributed by atoms with E-state index in [4.69, 9.17) is 0 Å². The van der Waals surface area contributed by atoms with E-state index in [2.05, 4.69) is 10.1 Å². The number of hydrogen-bond acceptors (Lipinski definition) is 6. The van der Waals surface area contributed by atoms with Gasteiger partial charge in [-0.2, -0.15) is 0 Å². The van der Waals surface area contributed by atoms with Crippen LogP contribution in [-0.4, -0.2) is 40.7 Å². The number of cyclic esters (lactones) is 2. The summed E-state index contributed by atoms with van der Waals surface area (Å²) in [4.78, 5) is 33.7. The molecular formula is C13H13NO6. The first-order valence-corrected chi connectivity index (χ1v) is 5.91. The minimum Gasteiger partial charge on any atom is -0.388 e. The van der Waals surface area contributed by atoms with Gasteiger partial charge in [0, 0.05) is 13.5 Å². The minimum atomic E-state index is -1.42. The smallest absolute Gasteiger partial charge is 0.347 e. The molecule has 0 bridgehead atoms. The standard InChI is InChI=1S/C13H13NO6/c1-6(15)14-5-9(16)11(17)7-3-2-4-8-10(7)13(19)20-12(8)18/h2-4,9,11,16-17H,5H2,1H3,(H,14,15). The summed E-state index contributed by atoms with van der Waals surface area (Å²) in [5.74, 6) is -1.99. The molecule has 1 heterocycles. The number of nitrogens with one attached hydrogen (secondary N) is 1. The second kappa shape index (κ2) is 5.40. The number of carbonyl (C=O) groups excluding carboxylic acids is 3. The maximum Gasteiger partial charge on any atom is 0.347 e. The van der Waals surface area contributed by atoms with Crippen LogP contribution in [0.1, 0.15) is 39.3 Å². The molecule has 7 heteroatoms. The summed E-state index contributed by atoms with van der Waals surface area (Å²) in [5.41, 5.74) is 0.0985. The number of aliphatic hydroxyl groups excluding tert-OH is 2. The molecule has 0 aliphatic carbocycles. The molecule has 1 aliphatic heterocycles. The lowest BCUT2D eigenvalue weighted by atomic mass is 9.95. The molecule has 20 heavy (non-hydrogen) atoms. The average Bonchev–Trinajstić information content (AvgIpc) is 2.70. The summed E-state index contributed by atoms with van der Waals surface area (Å²) in [6.45, 7) is 1.10. The summed E-state index contributed by atoms with van der Waals surface area (Å²) >= 11 is 0. The van der Waals surface area contributed by atoms with Crippen LogP contribution in [0.25, 0.3) is 0 Å². The van der Waals surface area contributed by atoms with Gasteiger partial charge in [0.25, 0.3) is 0 Å². The molecule has 106 valence electrons. The zero-order chi connectivity index (χ0) is 14.9. The molecule has 0 radical (unpaired) electrons.